The van der Waals surface area contributed by atoms with E-state index in [4.69, 9.17) is 5.26 Å². The molecule has 0 atom stereocenters. The molecule has 0 radical (unpaired) electrons. The van der Waals surface area contributed by atoms with Crippen molar-refractivity contribution in [3.8, 4) is 6.07 Å². The second kappa shape index (κ2) is 7.07. The zero-order valence-corrected chi connectivity index (χ0v) is 13.4. The molecular weight excluding hydrogens is 312 g/mol. The molecule has 0 aliphatic heterocycles. The Bertz CT molecular complexity index is 850. The zero-order valence-electron chi connectivity index (χ0n) is 12.6. The summed E-state index contributed by atoms with van der Waals surface area (Å²) in [5.41, 5.74) is 2.09. The standard InChI is InChI=1S/C17H16N2O3S/c1-23(21,22)16-7-5-14(6-8-16)12-19-17(20)15-4-2-3-13(11-15)9-10-18/h2-8,11H,9,12H2,1H3,(H,19,20). The zero-order chi connectivity index (χ0) is 16.9. The van der Waals surface area contributed by atoms with Gasteiger partial charge in [-0.1, -0.05) is 24.3 Å². The van der Waals surface area contributed by atoms with Gasteiger partial charge in [0.15, 0.2) is 9.84 Å². The molecule has 1 N–H and O–H groups in total. The quantitative estimate of drug-likeness (QED) is 0.910. The fraction of sp³-hybridized carbons (Fsp3) is 0.176. The van der Waals surface area contributed by atoms with Crippen molar-refractivity contribution in [2.24, 2.45) is 0 Å². The Hall–Kier alpha value is -2.65. The molecule has 0 saturated carbocycles. The van der Waals surface area contributed by atoms with Gasteiger partial charge in [0, 0.05) is 18.4 Å². The van der Waals surface area contributed by atoms with E-state index in [0.29, 0.717) is 12.1 Å². The van der Waals surface area contributed by atoms with E-state index >= 15 is 0 Å². The molecule has 23 heavy (non-hydrogen) atoms. The lowest BCUT2D eigenvalue weighted by Gasteiger charge is -2.07. The van der Waals surface area contributed by atoms with Gasteiger partial charge in [-0.25, -0.2) is 8.42 Å². The van der Waals surface area contributed by atoms with Crippen molar-refractivity contribution in [1.82, 2.24) is 5.32 Å². The number of hydrogen-bond donors (Lipinski definition) is 1. The average molecular weight is 328 g/mol. The van der Waals surface area contributed by atoms with Gasteiger partial charge in [-0.3, -0.25) is 4.79 Å². The highest BCUT2D eigenvalue weighted by Crippen LogP contribution is 2.11. The van der Waals surface area contributed by atoms with Crippen LogP contribution in [0.15, 0.2) is 53.4 Å². The lowest BCUT2D eigenvalue weighted by atomic mass is 10.1. The van der Waals surface area contributed by atoms with Gasteiger partial charge in [0.25, 0.3) is 5.91 Å². The largest absolute Gasteiger partial charge is 0.348 e. The van der Waals surface area contributed by atoms with Gasteiger partial charge in [-0.05, 0) is 35.4 Å². The lowest BCUT2D eigenvalue weighted by molar-refractivity contribution is 0.0951. The molecule has 0 aromatic heterocycles. The molecule has 0 fully saturated rings. The summed E-state index contributed by atoms with van der Waals surface area (Å²) in [6.07, 6.45) is 1.41. The van der Waals surface area contributed by atoms with Crippen LogP contribution in [-0.2, 0) is 22.8 Å². The Labute approximate surface area is 135 Å². The van der Waals surface area contributed by atoms with Crippen LogP contribution < -0.4 is 5.32 Å². The van der Waals surface area contributed by atoms with Gasteiger partial charge in [0.1, 0.15) is 0 Å². The summed E-state index contributed by atoms with van der Waals surface area (Å²) in [7, 11) is -3.22. The van der Waals surface area contributed by atoms with Crippen LogP contribution in [0.1, 0.15) is 21.5 Å². The van der Waals surface area contributed by atoms with Gasteiger partial charge in [-0.15, -0.1) is 0 Å². The smallest absolute Gasteiger partial charge is 0.251 e. The Morgan fingerprint density at radius 1 is 1.13 bits per heavy atom. The van der Waals surface area contributed by atoms with E-state index in [2.05, 4.69) is 5.32 Å². The highest BCUT2D eigenvalue weighted by atomic mass is 32.2. The topological polar surface area (TPSA) is 87.0 Å². The third kappa shape index (κ3) is 4.66. The van der Waals surface area contributed by atoms with E-state index in [1.165, 1.54) is 12.1 Å². The van der Waals surface area contributed by atoms with Crippen molar-refractivity contribution in [3.63, 3.8) is 0 Å². The molecule has 1 amide bonds. The van der Waals surface area contributed by atoms with E-state index in [0.717, 1.165) is 17.4 Å². The van der Waals surface area contributed by atoms with Crippen molar-refractivity contribution in [2.75, 3.05) is 6.26 Å². The first-order valence-electron chi connectivity index (χ1n) is 6.93. The monoisotopic (exact) mass is 328 g/mol. The summed E-state index contributed by atoms with van der Waals surface area (Å²) in [6.45, 7) is 0.297. The molecule has 118 valence electrons. The molecule has 0 heterocycles. The van der Waals surface area contributed by atoms with Gasteiger partial charge >= 0.3 is 0 Å². The number of benzene rings is 2. The summed E-state index contributed by atoms with van der Waals surface area (Å²) in [6, 6.07) is 15.3. The van der Waals surface area contributed by atoms with Crippen molar-refractivity contribution in [2.45, 2.75) is 17.9 Å². The third-order valence-corrected chi connectivity index (χ3v) is 4.41. The number of nitriles is 1. The number of carbonyl (C=O) groups excluding carboxylic acids is 1. The SMILES string of the molecule is CS(=O)(=O)c1ccc(CNC(=O)c2cccc(CC#N)c2)cc1. The van der Waals surface area contributed by atoms with Crippen LogP contribution in [0.3, 0.4) is 0 Å². The minimum absolute atomic E-state index is 0.239. The molecule has 2 aromatic carbocycles. The fourth-order valence-corrected chi connectivity index (χ4v) is 2.68. The average Bonchev–Trinajstić information content (AvgIpc) is 2.53. The number of rotatable bonds is 5. The van der Waals surface area contributed by atoms with E-state index in [1.807, 2.05) is 6.07 Å². The molecule has 2 rings (SSSR count). The Balaban J connectivity index is 2.02. The van der Waals surface area contributed by atoms with Crippen LogP contribution in [0.5, 0.6) is 0 Å². The fourth-order valence-electron chi connectivity index (χ4n) is 2.05. The molecule has 5 nitrogen and oxygen atoms in total. The number of carbonyl (C=O) groups is 1. The number of amides is 1. The van der Waals surface area contributed by atoms with Crippen LogP contribution in [0, 0.1) is 11.3 Å². The van der Waals surface area contributed by atoms with E-state index in [9.17, 15) is 13.2 Å². The summed E-state index contributed by atoms with van der Waals surface area (Å²) in [5.74, 6) is -0.239. The molecule has 0 spiro atoms. The molecule has 0 bridgehead atoms. The predicted molar refractivity (Wildman–Crippen MR) is 86.5 cm³/mol. The molecule has 6 heteroatoms. The summed E-state index contributed by atoms with van der Waals surface area (Å²) in [4.78, 5) is 12.4. The molecule has 0 unspecified atom stereocenters. The van der Waals surface area contributed by atoms with Crippen LogP contribution >= 0.6 is 0 Å². The number of nitrogens with one attached hydrogen (secondary N) is 1. The maximum absolute atomic E-state index is 12.1. The van der Waals surface area contributed by atoms with Gasteiger partial charge in [-0.2, -0.15) is 5.26 Å². The van der Waals surface area contributed by atoms with E-state index in [1.54, 1.807) is 36.4 Å². The van der Waals surface area contributed by atoms with Crippen molar-refractivity contribution in [3.05, 3.63) is 65.2 Å². The Morgan fingerprint density at radius 2 is 1.83 bits per heavy atom. The van der Waals surface area contributed by atoms with Crippen molar-refractivity contribution in [1.29, 1.82) is 5.26 Å². The highest BCUT2D eigenvalue weighted by Gasteiger charge is 2.08. The summed E-state index contributed by atoms with van der Waals surface area (Å²) < 4.78 is 22.8. The van der Waals surface area contributed by atoms with Crippen LogP contribution in [-0.4, -0.2) is 20.6 Å². The number of nitrogens with zero attached hydrogens (tertiary/aromatic N) is 1. The summed E-state index contributed by atoms with van der Waals surface area (Å²) in [5, 5.41) is 11.5. The lowest BCUT2D eigenvalue weighted by Crippen LogP contribution is -2.22. The van der Waals surface area contributed by atoms with Crippen molar-refractivity contribution >= 4 is 15.7 Å². The van der Waals surface area contributed by atoms with Crippen molar-refractivity contribution < 1.29 is 13.2 Å². The van der Waals surface area contributed by atoms with E-state index in [-0.39, 0.29) is 17.2 Å². The Morgan fingerprint density at radius 3 is 2.43 bits per heavy atom. The maximum Gasteiger partial charge on any atom is 0.251 e. The summed E-state index contributed by atoms with van der Waals surface area (Å²) >= 11 is 0. The maximum atomic E-state index is 12.1. The molecule has 0 aliphatic carbocycles. The first-order valence-corrected chi connectivity index (χ1v) is 8.82. The third-order valence-electron chi connectivity index (χ3n) is 3.28. The second-order valence-electron chi connectivity index (χ2n) is 5.13. The first-order chi connectivity index (χ1) is 10.9. The highest BCUT2D eigenvalue weighted by molar-refractivity contribution is 7.90. The number of hydrogen-bond acceptors (Lipinski definition) is 4. The van der Waals surface area contributed by atoms with Crippen LogP contribution in [0.2, 0.25) is 0 Å². The number of sulfone groups is 1. The van der Waals surface area contributed by atoms with Gasteiger partial charge in [0.2, 0.25) is 0 Å². The second-order valence-corrected chi connectivity index (χ2v) is 7.15. The van der Waals surface area contributed by atoms with Crippen LogP contribution in [0.4, 0.5) is 0 Å². The molecular formula is C17H16N2O3S. The molecule has 2 aromatic rings. The Kier molecular flexibility index (Phi) is 5.14. The minimum Gasteiger partial charge on any atom is -0.348 e. The first kappa shape index (κ1) is 16.7. The molecule has 0 aliphatic rings. The minimum atomic E-state index is -3.22. The van der Waals surface area contributed by atoms with Gasteiger partial charge in [0.05, 0.1) is 17.4 Å². The van der Waals surface area contributed by atoms with Crippen LogP contribution in [0.25, 0.3) is 0 Å². The van der Waals surface area contributed by atoms with E-state index < -0.39 is 9.84 Å². The molecule has 0 saturated heterocycles. The van der Waals surface area contributed by atoms with Gasteiger partial charge < -0.3 is 5.32 Å². The predicted octanol–water partition coefficient (Wildman–Crippen LogP) is 2.09. The normalized spacial score (nSPS) is 10.8.